The van der Waals surface area contributed by atoms with Crippen molar-refractivity contribution in [1.29, 1.82) is 0 Å². The Morgan fingerprint density at radius 2 is 1.66 bits per heavy atom. The van der Waals surface area contributed by atoms with Crippen LogP contribution < -0.4 is 4.74 Å². The molecule has 240 valence electrons. The van der Waals surface area contributed by atoms with E-state index >= 15 is 0 Å². The van der Waals surface area contributed by atoms with Crippen LogP contribution in [-0.4, -0.2) is 88.6 Å². The molecule has 6 atom stereocenters. The van der Waals surface area contributed by atoms with E-state index in [1.807, 2.05) is 19.1 Å². The number of hydrogen-bond acceptors (Lipinski definition) is 10. The highest BCUT2D eigenvalue weighted by molar-refractivity contribution is 5.89. The van der Waals surface area contributed by atoms with Crippen LogP contribution in [0.3, 0.4) is 0 Å². The Labute approximate surface area is 258 Å². The van der Waals surface area contributed by atoms with Crippen LogP contribution in [0.15, 0.2) is 36.4 Å². The van der Waals surface area contributed by atoms with Crippen LogP contribution in [0.5, 0.6) is 5.75 Å². The molecule has 0 amide bonds. The van der Waals surface area contributed by atoms with Crippen LogP contribution in [0.4, 0.5) is 0 Å². The van der Waals surface area contributed by atoms with Gasteiger partial charge in [-0.3, -0.25) is 0 Å². The first-order valence-electron chi connectivity index (χ1n) is 15.0. The zero-order valence-electron chi connectivity index (χ0n) is 25.9. The van der Waals surface area contributed by atoms with Crippen LogP contribution >= 0.6 is 0 Å². The summed E-state index contributed by atoms with van der Waals surface area (Å²) in [5.41, 5.74) is 3.54. The number of benzene rings is 2. The average Bonchev–Trinajstić information content (AvgIpc) is 3.00. The lowest BCUT2D eigenvalue weighted by Crippen LogP contribution is -2.58. The Bertz CT molecular complexity index is 1360. The number of esters is 1. The van der Waals surface area contributed by atoms with Gasteiger partial charge < -0.3 is 44.5 Å². The molecule has 5 N–H and O–H groups in total. The van der Waals surface area contributed by atoms with Crippen LogP contribution in [0.1, 0.15) is 86.2 Å². The van der Waals surface area contributed by atoms with Gasteiger partial charge in [0, 0.05) is 17.7 Å². The van der Waals surface area contributed by atoms with Gasteiger partial charge in [-0.2, -0.15) is 0 Å². The second-order valence-electron chi connectivity index (χ2n) is 12.6. The molecule has 10 heteroatoms. The molecule has 2 aromatic rings. The smallest absolute Gasteiger partial charge is 0.338 e. The molecule has 2 aromatic carbocycles. The van der Waals surface area contributed by atoms with Crippen molar-refractivity contribution in [2.24, 2.45) is 0 Å². The molecule has 1 aliphatic heterocycles. The molecule has 1 aliphatic carbocycles. The zero-order valence-corrected chi connectivity index (χ0v) is 25.9. The largest absolute Gasteiger partial charge is 0.491 e. The fourth-order valence-electron chi connectivity index (χ4n) is 5.61. The van der Waals surface area contributed by atoms with Gasteiger partial charge in [0.1, 0.15) is 49.5 Å². The van der Waals surface area contributed by atoms with Crippen LogP contribution in [0, 0.1) is 11.8 Å². The molecule has 4 rings (SSSR count). The highest BCUT2D eigenvalue weighted by Crippen LogP contribution is 2.50. The van der Waals surface area contributed by atoms with Gasteiger partial charge in [-0.05, 0) is 72.1 Å². The molecule has 0 bridgehead atoms. The Kier molecular flexibility index (Phi) is 10.7. The molecular formula is C34H44O10. The average molecular weight is 613 g/mol. The van der Waals surface area contributed by atoms with Crippen molar-refractivity contribution in [3.63, 3.8) is 0 Å². The summed E-state index contributed by atoms with van der Waals surface area (Å²) in [7, 11) is 0. The third kappa shape index (κ3) is 7.61. The van der Waals surface area contributed by atoms with E-state index in [9.17, 15) is 30.3 Å². The molecule has 10 nitrogen and oxygen atoms in total. The maximum Gasteiger partial charge on any atom is 0.338 e. The van der Waals surface area contributed by atoms with Crippen LogP contribution in [0.25, 0.3) is 0 Å². The van der Waals surface area contributed by atoms with Gasteiger partial charge in [0.05, 0.1) is 12.2 Å². The zero-order chi connectivity index (χ0) is 32.2. The van der Waals surface area contributed by atoms with Crippen LogP contribution in [-0.2, 0) is 25.0 Å². The Balaban J connectivity index is 1.47. The third-order valence-electron chi connectivity index (χ3n) is 8.45. The van der Waals surface area contributed by atoms with Gasteiger partial charge >= 0.3 is 5.97 Å². The standard InChI is InChI=1S/C34H44O10/c1-6-41-15-16-42-25-18-22(17-23-27(25)34(4,5)14-13-33(23,2)3)24(35)12-9-20-7-10-21(11-8-20)31(39)43-19-26-28(36)29(37)30(38)32(40)44-26/h7-8,10-11,17-18,24,26,28-30,32,35-38,40H,6,13-16,19H2,1-5H3/t24?,26-,28-,29+,30-,32?/m1/s1. The Morgan fingerprint density at radius 1 is 0.977 bits per heavy atom. The highest BCUT2D eigenvalue weighted by Gasteiger charge is 2.43. The summed E-state index contributed by atoms with van der Waals surface area (Å²) in [5, 5.41) is 50.2. The maximum atomic E-state index is 12.5. The first kappa shape index (κ1) is 33.9. The minimum absolute atomic E-state index is 0.0852. The summed E-state index contributed by atoms with van der Waals surface area (Å²) in [4.78, 5) is 12.5. The second-order valence-corrected chi connectivity index (χ2v) is 12.6. The highest BCUT2D eigenvalue weighted by atomic mass is 16.6. The molecule has 0 radical (unpaired) electrons. The molecule has 1 heterocycles. The minimum Gasteiger partial charge on any atom is -0.491 e. The molecule has 2 aliphatic rings. The number of carbonyl (C=O) groups is 1. The van der Waals surface area contributed by atoms with Gasteiger partial charge in [-0.15, -0.1) is 0 Å². The van der Waals surface area contributed by atoms with Gasteiger partial charge in [0.25, 0.3) is 0 Å². The second kappa shape index (κ2) is 14.0. The van der Waals surface area contributed by atoms with Gasteiger partial charge in [0.15, 0.2) is 6.29 Å². The molecular weight excluding hydrogens is 568 g/mol. The predicted octanol–water partition coefficient (Wildman–Crippen LogP) is 2.49. The molecule has 0 spiro atoms. The monoisotopic (exact) mass is 612 g/mol. The van der Waals surface area contributed by atoms with Crippen molar-refractivity contribution in [1.82, 2.24) is 0 Å². The Morgan fingerprint density at radius 3 is 2.34 bits per heavy atom. The molecule has 1 fully saturated rings. The fourth-order valence-corrected chi connectivity index (χ4v) is 5.61. The number of carbonyl (C=O) groups excluding carboxylic acids is 1. The van der Waals surface area contributed by atoms with Crippen molar-refractivity contribution in [2.45, 2.75) is 95.1 Å². The number of fused-ring (bicyclic) bond motifs is 1. The lowest BCUT2D eigenvalue weighted by Gasteiger charge is -2.43. The van der Waals surface area contributed by atoms with Gasteiger partial charge in [-0.1, -0.05) is 45.6 Å². The third-order valence-corrected chi connectivity index (χ3v) is 8.45. The molecule has 0 saturated carbocycles. The number of rotatable bonds is 9. The topological polar surface area (TPSA) is 155 Å². The molecule has 1 saturated heterocycles. The predicted molar refractivity (Wildman–Crippen MR) is 161 cm³/mol. The van der Waals surface area contributed by atoms with E-state index in [4.69, 9.17) is 18.9 Å². The van der Waals surface area contributed by atoms with Gasteiger partial charge in [-0.25, -0.2) is 4.79 Å². The quantitative estimate of drug-likeness (QED) is 0.162. The minimum atomic E-state index is -1.72. The lowest BCUT2D eigenvalue weighted by atomic mass is 9.62. The maximum absolute atomic E-state index is 12.5. The Hall–Kier alpha value is -3.01. The van der Waals surface area contributed by atoms with Crippen molar-refractivity contribution in [2.75, 3.05) is 26.4 Å². The summed E-state index contributed by atoms with van der Waals surface area (Å²) in [6, 6.07) is 10.2. The number of hydrogen-bond donors (Lipinski definition) is 5. The summed E-state index contributed by atoms with van der Waals surface area (Å²) < 4.78 is 21.9. The van der Waals surface area contributed by atoms with E-state index < -0.39 is 49.4 Å². The normalized spacial score (nSPS) is 26.1. The van der Waals surface area contributed by atoms with E-state index in [1.165, 1.54) is 12.1 Å². The summed E-state index contributed by atoms with van der Waals surface area (Å²) in [6.07, 6.45) is -6.84. The molecule has 0 aromatic heterocycles. The number of aliphatic hydroxyl groups is 5. The number of ether oxygens (including phenoxy) is 4. The van der Waals surface area contributed by atoms with Crippen molar-refractivity contribution in [3.05, 3.63) is 64.2 Å². The van der Waals surface area contributed by atoms with E-state index in [2.05, 4.69) is 39.5 Å². The molecule has 2 unspecified atom stereocenters. The first-order valence-corrected chi connectivity index (χ1v) is 15.0. The lowest BCUT2D eigenvalue weighted by molar-refractivity contribution is -0.286. The number of aliphatic hydroxyl groups excluding tert-OH is 5. The van der Waals surface area contributed by atoms with Crippen molar-refractivity contribution in [3.8, 4) is 17.6 Å². The van der Waals surface area contributed by atoms with Crippen LogP contribution in [0.2, 0.25) is 0 Å². The summed E-state index contributed by atoms with van der Waals surface area (Å²) in [6.45, 7) is 11.8. The fraction of sp³-hybridized carbons (Fsp3) is 0.559. The van der Waals surface area contributed by atoms with E-state index in [-0.39, 0.29) is 16.4 Å². The van der Waals surface area contributed by atoms with E-state index in [0.717, 1.165) is 29.7 Å². The van der Waals surface area contributed by atoms with Gasteiger partial charge in [0.2, 0.25) is 0 Å². The summed E-state index contributed by atoms with van der Waals surface area (Å²) in [5.74, 6) is 5.89. The van der Waals surface area contributed by atoms with Crippen molar-refractivity contribution < 1.29 is 49.3 Å². The summed E-state index contributed by atoms with van der Waals surface area (Å²) >= 11 is 0. The SMILES string of the molecule is CCOCCOc1cc(C(O)C#Cc2ccc(C(=O)OC[C@H]3OC(O)[C@H](O)[C@@H](O)[C@@H]3O)cc2)cc2c1C(C)(C)CCC2(C)C. The van der Waals surface area contributed by atoms with Crippen molar-refractivity contribution >= 4 is 5.97 Å². The first-order chi connectivity index (χ1) is 20.7. The molecule has 44 heavy (non-hydrogen) atoms. The van der Waals surface area contributed by atoms with E-state index in [1.54, 1.807) is 12.1 Å². The van der Waals surface area contributed by atoms with E-state index in [0.29, 0.717) is 30.9 Å².